The van der Waals surface area contributed by atoms with E-state index >= 15 is 0 Å². The number of hydrogen-bond acceptors (Lipinski definition) is 0. The smallest absolute Gasteiger partial charge is 0.0161 e. The molecule has 4 rings (SSSR count). The van der Waals surface area contributed by atoms with Crippen molar-refractivity contribution in [2.75, 3.05) is 0 Å². The first-order chi connectivity index (χ1) is 13.5. The van der Waals surface area contributed by atoms with Gasteiger partial charge in [0.1, 0.15) is 0 Å². The molecule has 1 unspecified atom stereocenters. The van der Waals surface area contributed by atoms with Crippen molar-refractivity contribution in [3.8, 4) is 0 Å². The fraction of sp³-hybridized carbons (Fsp3) is 0.357. The van der Waals surface area contributed by atoms with Gasteiger partial charge in [0, 0.05) is 0 Å². The summed E-state index contributed by atoms with van der Waals surface area (Å²) in [6, 6.07) is 27.9. The van der Waals surface area contributed by atoms with E-state index in [1.54, 1.807) is 5.56 Å². The van der Waals surface area contributed by atoms with Crippen LogP contribution in [0.4, 0.5) is 0 Å². The quantitative estimate of drug-likeness (QED) is 0.433. The molecule has 1 saturated carbocycles. The van der Waals surface area contributed by atoms with Gasteiger partial charge in [0.2, 0.25) is 0 Å². The minimum absolute atomic E-state index is 0.704. The molecule has 0 radical (unpaired) electrons. The molecule has 0 aliphatic heterocycles. The van der Waals surface area contributed by atoms with Crippen LogP contribution in [-0.2, 0) is 0 Å². The molecular weight excluding hydrogens is 336 g/mol. The van der Waals surface area contributed by atoms with Crippen molar-refractivity contribution in [2.24, 2.45) is 0 Å². The summed E-state index contributed by atoms with van der Waals surface area (Å²) in [5.41, 5.74) is 7.09. The minimum Gasteiger partial charge on any atom is -0.0648 e. The highest BCUT2D eigenvalue weighted by Crippen LogP contribution is 2.39. The summed E-state index contributed by atoms with van der Waals surface area (Å²) in [4.78, 5) is 0. The summed E-state index contributed by atoms with van der Waals surface area (Å²) in [5.74, 6) is 1.61. The Labute approximate surface area is 172 Å². The highest BCUT2D eigenvalue weighted by atomic mass is 14.3. The molecule has 148 valence electrons. The standard InChI is InChI=1S/C11H16.C10H12.C7H8/c1-4-10(3)11-7-5-6-9(2)8-11;1-8-3-2-4-10(7-8)9-5-6-9;1-7-5-3-2-4-6-7/h5-8,10H,4H2,1-3H3;2-4,7,9H,5-6H2,1H3;2-6H,1H3. The van der Waals surface area contributed by atoms with E-state index in [2.05, 4.69) is 95.3 Å². The molecule has 0 amide bonds. The second kappa shape index (κ2) is 11.5. The maximum atomic E-state index is 2.30. The maximum absolute atomic E-state index is 2.30. The number of hydrogen-bond donors (Lipinski definition) is 0. The summed E-state index contributed by atoms with van der Waals surface area (Å²) in [7, 11) is 0. The van der Waals surface area contributed by atoms with Crippen molar-refractivity contribution in [1.29, 1.82) is 0 Å². The van der Waals surface area contributed by atoms with Gasteiger partial charge in [-0.2, -0.15) is 0 Å². The third-order valence-electron chi connectivity index (χ3n) is 5.25. The Morgan fingerprint density at radius 3 is 1.75 bits per heavy atom. The predicted octanol–water partition coefficient (Wildman–Crippen LogP) is 8.38. The van der Waals surface area contributed by atoms with Gasteiger partial charge in [-0.05, 0) is 63.0 Å². The molecule has 3 aromatic rings. The zero-order chi connectivity index (χ0) is 20.4. The molecule has 0 bridgehead atoms. The number of benzene rings is 3. The van der Waals surface area contributed by atoms with Crippen LogP contribution < -0.4 is 0 Å². The van der Waals surface area contributed by atoms with E-state index in [-0.39, 0.29) is 0 Å². The number of rotatable bonds is 3. The average molecular weight is 373 g/mol. The van der Waals surface area contributed by atoms with Gasteiger partial charge in [-0.3, -0.25) is 0 Å². The Kier molecular flexibility index (Phi) is 9.01. The third kappa shape index (κ3) is 8.13. The molecule has 0 spiro atoms. The topological polar surface area (TPSA) is 0 Å². The van der Waals surface area contributed by atoms with Crippen LogP contribution in [-0.4, -0.2) is 0 Å². The van der Waals surface area contributed by atoms with Crippen molar-refractivity contribution in [2.45, 2.75) is 65.7 Å². The first kappa shape index (κ1) is 22.0. The van der Waals surface area contributed by atoms with Crippen molar-refractivity contribution in [3.63, 3.8) is 0 Å². The van der Waals surface area contributed by atoms with Crippen LogP contribution in [0.3, 0.4) is 0 Å². The molecule has 0 saturated heterocycles. The number of aryl methyl sites for hydroxylation is 3. The Balaban J connectivity index is 0.000000154. The van der Waals surface area contributed by atoms with Gasteiger partial charge in [0.05, 0.1) is 0 Å². The van der Waals surface area contributed by atoms with Crippen LogP contribution in [0.15, 0.2) is 78.9 Å². The zero-order valence-corrected chi connectivity index (χ0v) is 18.3. The van der Waals surface area contributed by atoms with Gasteiger partial charge in [-0.25, -0.2) is 0 Å². The normalized spacial score (nSPS) is 13.5. The fourth-order valence-corrected chi connectivity index (χ4v) is 3.09. The lowest BCUT2D eigenvalue weighted by Gasteiger charge is -2.08. The lowest BCUT2D eigenvalue weighted by Crippen LogP contribution is -1.90. The van der Waals surface area contributed by atoms with E-state index in [0.29, 0.717) is 5.92 Å². The highest BCUT2D eigenvalue weighted by molar-refractivity contribution is 5.28. The summed E-state index contributed by atoms with van der Waals surface area (Å²) in [5, 5.41) is 0. The van der Waals surface area contributed by atoms with Gasteiger partial charge in [0.15, 0.2) is 0 Å². The van der Waals surface area contributed by atoms with E-state index in [1.165, 1.54) is 41.5 Å². The fourth-order valence-electron chi connectivity index (χ4n) is 3.09. The average Bonchev–Trinajstić information content (AvgIpc) is 3.54. The van der Waals surface area contributed by atoms with Gasteiger partial charge < -0.3 is 0 Å². The molecule has 0 N–H and O–H groups in total. The maximum Gasteiger partial charge on any atom is -0.0161 e. The first-order valence-corrected chi connectivity index (χ1v) is 10.6. The molecule has 0 heteroatoms. The van der Waals surface area contributed by atoms with Gasteiger partial charge >= 0.3 is 0 Å². The van der Waals surface area contributed by atoms with Crippen molar-refractivity contribution in [1.82, 2.24) is 0 Å². The molecule has 0 heterocycles. The second-order valence-corrected chi connectivity index (χ2v) is 8.07. The molecular formula is C28H36. The van der Waals surface area contributed by atoms with Crippen molar-refractivity contribution in [3.05, 3.63) is 107 Å². The van der Waals surface area contributed by atoms with Crippen LogP contribution in [0.5, 0.6) is 0 Å². The monoisotopic (exact) mass is 372 g/mol. The first-order valence-electron chi connectivity index (χ1n) is 10.6. The van der Waals surface area contributed by atoms with Crippen LogP contribution >= 0.6 is 0 Å². The third-order valence-corrected chi connectivity index (χ3v) is 5.25. The van der Waals surface area contributed by atoms with Crippen LogP contribution in [0.25, 0.3) is 0 Å². The SMILES string of the molecule is CCC(C)c1cccc(C)c1.Cc1cccc(C2CC2)c1.Cc1ccccc1. The lowest BCUT2D eigenvalue weighted by molar-refractivity contribution is 0.733. The van der Waals surface area contributed by atoms with E-state index in [9.17, 15) is 0 Å². The Morgan fingerprint density at radius 1 is 0.714 bits per heavy atom. The van der Waals surface area contributed by atoms with Crippen LogP contribution in [0.2, 0.25) is 0 Å². The highest BCUT2D eigenvalue weighted by Gasteiger charge is 2.22. The van der Waals surface area contributed by atoms with Crippen LogP contribution in [0, 0.1) is 20.8 Å². The molecule has 0 nitrogen and oxygen atoms in total. The largest absolute Gasteiger partial charge is 0.0648 e. The van der Waals surface area contributed by atoms with E-state index in [0.717, 1.165) is 5.92 Å². The molecule has 0 aromatic heterocycles. The summed E-state index contributed by atoms with van der Waals surface area (Å²) >= 11 is 0. The van der Waals surface area contributed by atoms with Gasteiger partial charge in [-0.1, -0.05) is 109 Å². The Morgan fingerprint density at radius 2 is 1.29 bits per heavy atom. The molecule has 3 aromatic carbocycles. The van der Waals surface area contributed by atoms with Crippen molar-refractivity contribution < 1.29 is 0 Å². The summed E-state index contributed by atoms with van der Waals surface area (Å²) in [6.45, 7) is 10.9. The Hall–Kier alpha value is -2.34. The summed E-state index contributed by atoms with van der Waals surface area (Å²) < 4.78 is 0. The van der Waals surface area contributed by atoms with E-state index in [1.807, 2.05) is 18.2 Å². The lowest BCUT2D eigenvalue weighted by atomic mass is 9.97. The minimum atomic E-state index is 0.704. The van der Waals surface area contributed by atoms with Crippen LogP contribution in [0.1, 0.15) is 72.8 Å². The van der Waals surface area contributed by atoms with E-state index < -0.39 is 0 Å². The molecule has 1 aliphatic carbocycles. The summed E-state index contributed by atoms with van der Waals surface area (Å²) in [6.07, 6.45) is 4.04. The molecule has 1 aliphatic rings. The second-order valence-electron chi connectivity index (χ2n) is 8.07. The molecule has 1 fully saturated rings. The van der Waals surface area contributed by atoms with Crippen molar-refractivity contribution >= 4 is 0 Å². The zero-order valence-electron chi connectivity index (χ0n) is 18.3. The van der Waals surface area contributed by atoms with Gasteiger partial charge in [-0.15, -0.1) is 0 Å². The predicted molar refractivity (Wildman–Crippen MR) is 124 cm³/mol. The Bertz CT molecular complexity index is 812. The van der Waals surface area contributed by atoms with Gasteiger partial charge in [0.25, 0.3) is 0 Å². The molecule has 28 heavy (non-hydrogen) atoms. The van der Waals surface area contributed by atoms with E-state index in [4.69, 9.17) is 0 Å². The molecule has 1 atom stereocenters.